The van der Waals surface area contributed by atoms with Crippen molar-refractivity contribution in [2.75, 3.05) is 5.73 Å². The molecule has 1 aromatic heterocycles. The standard InChI is InChI=1S/C8H14N4O/c1-5(2)11-8(13)6-4-10-12(3)7(6)9/h4-5H,9H2,1-3H3,(H,11,13). The van der Waals surface area contributed by atoms with Crippen LogP contribution < -0.4 is 11.1 Å². The van der Waals surface area contributed by atoms with Gasteiger partial charge < -0.3 is 11.1 Å². The van der Waals surface area contributed by atoms with Gasteiger partial charge in [-0.1, -0.05) is 0 Å². The predicted octanol–water partition coefficient (Wildman–Crippen LogP) is 0.140. The third-order valence-electron chi connectivity index (χ3n) is 1.65. The zero-order valence-electron chi connectivity index (χ0n) is 8.03. The largest absolute Gasteiger partial charge is 0.383 e. The Morgan fingerprint density at radius 1 is 1.69 bits per heavy atom. The smallest absolute Gasteiger partial charge is 0.256 e. The van der Waals surface area contributed by atoms with Gasteiger partial charge in [-0.15, -0.1) is 0 Å². The fourth-order valence-corrected chi connectivity index (χ4v) is 0.962. The van der Waals surface area contributed by atoms with Crippen LogP contribution in [0.3, 0.4) is 0 Å². The van der Waals surface area contributed by atoms with Crippen LogP contribution in [0.5, 0.6) is 0 Å². The van der Waals surface area contributed by atoms with Crippen LogP contribution in [-0.4, -0.2) is 21.7 Å². The van der Waals surface area contributed by atoms with Gasteiger partial charge in [0.05, 0.1) is 6.20 Å². The van der Waals surface area contributed by atoms with E-state index in [2.05, 4.69) is 10.4 Å². The number of nitrogens with one attached hydrogen (secondary N) is 1. The summed E-state index contributed by atoms with van der Waals surface area (Å²) in [4.78, 5) is 11.4. The first-order valence-electron chi connectivity index (χ1n) is 4.10. The van der Waals surface area contributed by atoms with E-state index < -0.39 is 0 Å². The van der Waals surface area contributed by atoms with Crippen LogP contribution in [0.15, 0.2) is 6.20 Å². The highest BCUT2D eigenvalue weighted by Gasteiger charge is 2.13. The molecule has 1 aromatic rings. The molecular formula is C8H14N4O. The average Bonchev–Trinajstić information content (AvgIpc) is 2.31. The third kappa shape index (κ3) is 1.99. The Morgan fingerprint density at radius 2 is 2.31 bits per heavy atom. The van der Waals surface area contributed by atoms with Gasteiger partial charge in [0.2, 0.25) is 0 Å². The van der Waals surface area contributed by atoms with E-state index in [0.29, 0.717) is 11.4 Å². The van der Waals surface area contributed by atoms with Crippen LogP contribution in [0.25, 0.3) is 0 Å². The summed E-state index contributed by atoms with van der Waals surface area (Å²) in [5, 5.41) is 6.62. The van der Waals surface area contributed by atoms with Crippen molar-refractivity contribution in [3.8, 4) is 0 Å². The number of anilines is 1. The van der Waals surface area contributed by atoms with Crippen molar-refractivity contribution in [3.05, 3.63) is 11.8 Å². The molecule has 0 aromatic carbocycles. The zero-order valence-corrected chi connectivity index (χ0v) is 8.03. The van der Waals surface area contributed by atoms with Gasteiger partial charge in [-0.2, -0.15) is 5.10 Å². The maximum atomic E-state index is 11.4. The van der Waals surface area contributed by atoms with Gasteiger partial charge in [0.1, 0.15) is 11.4 Å². The SMILES string of the molecule is CC(C)NC(=O)c1cnn(C)c1N. The second-order valence-corrected chi connectivity index (χ2v) is 3.20. The summed E-state index contributed by atoms with van der Waals surface area (Å²) >= 11 is 0. The van der Waals surface area contributed by atoms with Gasteiger partial charge >= 0.3 is 0 Å². The molecule has 72 valence electrons. The van der Waals surface area contributed by atoms with Gasteiger partial charge in [0, 0.05) is 13.1 Å². The molecule has 5 heteroatoms. The van der Waals surface area contributed by atoms with E-state index in [4.69, 9.17) is 5.73 Å². The van der Waals surface area contributed by atoms with Crippen molar-refractivity contribution < 1.29 is 4.79 Å². The molecule has 0 unspecified atom stereocenters. The number of amides is 1. The Labute approximate surface area is 76.9 Å². The van der Waals surface area contributed by atoms with Crippen LogP contribution >= 0.6 is 0 Å². The number of nitrogens with two attached hydrogens (primary N) is 1. The Morgan fingerprint density at radius 3 is 2.69 bits per heavy atom. The zero-order chi connectivity index (χ0) is 10.0. The highest BCUT2D eigenvalue weighted by molar-refractivity contribution is 5.98. The number of aryl methyl sites for hydroxylation is 1. The number of nitrogen functional groups attached to an aromatic ring is 1. The van der Waals surface area contributed by atoms with Crippen molar-refractivity contribution in [1.82, 2.24) is 15.1 Å². The molecule has 0 spiro atoms. The third-order valence-corrected chi connectivity index (χ3v) is 1.65. The first kappa shape index (κ1) is 9.57. The lowest BCUT2D eigenvalue weighted by Gasteiger charge is -2.06. The van der Waals surface area contributed by atoms with Gasteiger partial charge in [0.25, 0.3) is 5.91 Å². The van der Waals surface area contributed by atoms with Crippen LogP contribution in [0.1, 0.15) is 24.2 Å². The van der Waals surface area contributed by atoms with Crippen molar-refractivity contribution >= 4 is 11.7 Å². The van der Waals surface area contributed by atoms with E-state index in [0.717, 1.165) is 0 Å². The lowest BCUT2D eigenvalue weighted by atomic mass is 10.3. The summed E-state index contributed by atoms with van der Waals surface area (Å²) in [6, 6.07) is 0.104. The van der Waals surface area contributed by atoms with Crippen LogP contribution in [0.2, 0.25) is 0 Å². The Hall–Kier alpha value is -1.52. The first-order chi connectivity index (χ1) is 6.02. The Bertz CT molecular complexity index is 316. The summed E-state index contributed by atoms with van der Waals surface area (Å²) in [5.74, 6) is 0.207. The molecule has 0 aliphatic carbocycles. The fourth-order valence-electron chi connectivity index (χ4n) is 0.962. The molecular weight excluding hydrogens is 168 g/mol. The second-order valence-electron chi connectivity index (χ2n) is 3.20. The van der Waals surface area contributed by atoms with Gasteiger partial charge in [-0.05, 0) is 13.8 Å². The summed E-state index contributed by atoms with van der Waals surface area (Å²) in [5.41, 5.74) is 6.05. The van der Waals surface area contributed by atoms with Crippen molar-refractivity contribution in [3.63, 3.8) is 0 Å². The van der Waals surface area contributed by atoms with Crippen LogP contribution in [0, 0.1) is 0 Å². The van der Waals surface area contributed by atoms with Crippen LogP contribution in [0.4, 0.5) is 5.82 Å². The molecule has 13 heavy (non-hydrogen) atoms. The molecule has 3 N–H and O–H groups in total. The number of rotatable bonds is 2. The molecule has 0 saturated heterocycles. The molecule has 1 rings (SSSR count). The Kier molecular flexibility index (Phi) is 2.55. The normalized spacial score (nSPS) is 10.5. The maximum absolute atomic E-state index is 11.4. The van der Waals surface area contributed by atoms with E-state index in [1.807, 2.05) is 13.8 Å². The molecule has 1 amide bonds. The van der Waals surface area contributed by atoms with Crippen molar-refractivity contribution in [2.45, 2.75) is 19.9 Å². The number of hydrogen-bond acceptors (Lipinski definition) is 3. The number of aromatic nitrogens is 2. The number of carbonyl (C=O) groups is 1. The number of hydrogen-bond donors (Lipinski definition) is 2. The second kappa shape index (κ2) is 3.47. The monoisotopic (exact) mass is 182 g/mol. The summed E-state index contributed by atoms with van der Waals surface area (Å²) in [6.07, 6.45) is 1.47. The van der Waals surface area contributed by atoms with E-state index in [1.54, 1.807) is 7.05 Å². The molecule has 0 atom stereocenters. The highest BCUT2D eigenvalue weighted by Crippen LogP contribution is 2.08. The van der Waals surface area contributed by atoms with Gasteiger partial charge in [0.15, 0.2) is 0 Å². The van der Waals surface area contributed by atoms with Gasteiger partial charge in [-0.25, -0.2) is 0 Å². The van der Waals surface area contributed by atoms with E-state index in [1.165, 1.54) is 10.9 Å². The topological polar surface area (TPSA) is 72.9 Å². The molecule has 0 saturated carbocycles. The number of nitrogens with zero attached hydrogens (tertiary/aromatic N) is 2. The van der Waals surface area contributed by atoms with Crippen molar-refractivity contribution in [1.29, 1.82) is 0 Å². The van der Waals surface area contributed by atoms with Crippen molar-refractivity contribution in [2.24, 2.45) is 7.05 Å². The summed E-state index contributed by atoms with van der Waals surface area (Å²) in [6.45, 7) is 3.79. The van der Waals surface area contributed by atoms with E-state index in [-0.39, 0.29) is 11.9 Å². The molecule has 0 radical (unpaired) electrons. The quantitative estimate of drug-likeness (QED) is 0.683. The molecule has 0 fully saturated rings. The minimum absolute atomic E-state index is 0.104. The first-order valence-corrected chi connectivity index (χ1v) is 4.10. The molecule has 1 heterocycles. The molecule has 0 aliphatic rings. The average molecular weight is 182 g/mol. The molecule has 5 nitrogen and oxygen atoms in total. The van der Waals surface area contributed by atoms with Crippen LogP contribution in [-0.2, 0) is 7.05 Å². The molecule has 0 aliphatic heterocycles. The molecule has 0 bridgehead atoms. The number of carbonyl (C=O) groups excluding carboxylic acids is 1. The van der Waals surface area contributed by atoms with Gasteiger partial charge in [-0.3, -0.25) is 9.48 Å². The highest BCUT2D eigenvalue weighted by atomic mass is 16.1. The maximum Gasteiger partial charge on any atom is 0.256 e. The van der Waals surface area contributed by atoms with E-state index in [9.17, 15) is 4.79 Å². The Balaban J connectivity index is 2.83. The lowest BCUT2D eigenvalue weighted by molar-refractivity contribution is 0.0944. The van der Waals surface area contributed by atoms with E-state index >= 15 is 0 Å². The minimum Gasteiger partial charge on any atom is -0.383 e. The predicted molar refractivity (Wildman–Crippen MR) is 50.2 cm³/mol. The minimum atomic E-state index is -0.180. The fraction of sp³-hybridized carbons (Fsp3) is 0.500. The lowest BCUT2D eigenvalue weighted by Crippen LogP contribution is -2.30. The summed E-state index contributed by atoms with van der Waals surface area (Å²) in [7, 11) is 1.70. The summed E-state index contributed by atoms with van der Waals surface area (Å²) < 4.78 is 1.47.